The molecule has 0 bridgehead atoms. The molecule has 6 heteroatoms. The fraction of sp³-hybridized carbons (Fsp3) is 0.310. The highest BCUT2D eigenvalue weighted by Gasteiger charge is 2.11. The molecule has 0 unspecified atom stereocenters. The van der Waals surface area contributed by atoms with E-state index in [-0.39, 0.29) is 5.91 Å². The lowest BCUT2D eigenvalue weighted by molar-refractivity contribution is -0.120. The van der Waals surface area contributed by atoms with Gasteiger partial charge in [0.2, 0.25) is 5.91 Å². The monoisotopic (exact) mass is 489 g/mol. The fourth-order valence-corrected chi connectivity index (χ4v) is 4.22. The Kier molecular flexibility index (Phi) is 8.43. The van der Waals surface area contributed by atoms with Gasteiger partial charge in [-0.3, -0.25) is 4.79 Å². The first-order chi connectivity index (χ1) is 17.0. The average Bonchev–Trinajstić information content (AvgIpc) is 3.21. The average molecular weight is 490 g/mol. The van der Waals surface area contributed by atoms with Crippen molar-refractivity contribution in [2.45, 2.75) is 45.6 Å². The third kappa shape index (κ3) is 6.86. The fourth-order valence-electron chi connectivity index (χ4n) is 4.09. The molecule has 0 atom stereocenters. The van der Waals surface area contributed by atoms with Crippen molar-refractivity contribution in [3.8, 4) is 5.75 Å². The zero-order chi connectivity index (χ0) is 24.6. The molecule has 1 N–H and O–H groups in total. The van der Waals surface area contributed by atoms with Gasteiger partial charge in [-0.15, -0.1) is 0 Å². The number of amides is 1. The molecule has 0 fully saturated rings. The molecule has 1 aromatic heterocycles. The van der Waals surface area contributed by atoms with Crippen LogP contribution in [0.4, 0.5) is 0 Å². The van der Waals surface area contributed by atoms with E-state index in [9.17, 15) is 4.79 Å². The van der Waals surface area contributed by atoms with Gasteiger partial charge in [0.05, 0.1) is 24.1 Å². The van der Waals surface area contributed by atoms with E-state index < -0.39 is 0 Å². The second-order valence-corrected chi connectivity index (χ2v) is 9.43. The highest BCUT2D eigenvalue weighted by Crippen LogP contribution is 2.20. The highest BCUT2D eigenvalue weighted by atomic mass is 35.5. The molecule has 0 aliphatic heterocycles. The predicted molar refractivity (Wildman–Crippen MR) is 142 cm³/mol. The summed E-state index contributed by atoms with van der Waals surface area (Å²) in [6.07, 6.45) is 1.86. The molecule has 35 heavy (non-hydrogen) atoms. The van der Waals surface area contributed by atoms with E-state index in [1.54, 1.807) is 12.1 Å². The number of hydrogen-bond acceptors (Lipinski definition) is 3. The first-order valence-corrected chi connectivity index (χ1v) is 12.6. The quantitative estimate of drug-likeness (QED) is 0.256. The molecule has 1 amide bonds. The number of aromatic nitrogens is 2. The third-order valence-corrected chi connectivity index (χ3v) is 6.28. The van der Waals surface area contributed by atoms with Crippen LogP contribution in [0.15, 0.2) is 72.8 Å². The van der Waals surface area contributed by atoms with Crippen molar-refractivity contribution < 1.29 is 9.53 Å². The van der Waals surface area contributed by atoms with Crippen LogP contribution in [-0.4, -0.2) is 28.6 Å². The van der Waals surface area contributed by atoms with E-state index in [1.165, 1.54) is 5.56 Å². The SMILES string of the molecule is CC(C)c1ccc(OCCCn2c(CCNC(=O)Cc3ccc(Cl)cc3)nc3ccccc32)cc1. The van der Waals surface area contributed by atoms with Gasteiger partial charge in [0.1, 0.15) is 11.6 Å². The van der Waals surface area contributed by atoms with Crippen LogP contribution in [0.2, 0.25) is 5.02 Å². The number of fused-ring (bicyclic) bond motifs is 1. The van der Waals surface area contributed by atoms with Crippen molar-refractivity contribution >= 4 is 28.5 Å². The number of carbonyl (C=O) groups is 1. The van der Waals surface area contributed by atoms with Crippen molar-refractivity contribution in [3.63, 3.8) is 0 Å². The molecule has 0 aliphatic rings. The maximum Gasteiger partial charge on any atom is 0.224 e. The Hall–Kier alpha value is -3.31. The largest absolute Gasteiger partial charge is 0.494 e. The number of rotatable bonds is 11. The van der Waals surface area contributed by atoms with E-state index >= 15 is 0 Å². The summed E-state index contributed by atoms with van der Waals surface area (Å²) in [5, 5.41) is 3.69. The summed E-state index contributed by atoms with van der Waals surface area (Å²) in [6.45, 7) is 6.35. The van der Waals surface area contributed by atoms with Gasteiger partial charge in [0.25, 0.3) is 0 Å². The van der Waals surface area contributed by atoms with Crippen LogP contribution >= 0.6 is 11.6 Å². The molecule has 0 aliphatic carbocycles. The number of nitrogens with zero attached hydrogens (tertiary/aromatic N) is 2. The van der Waals surface area contributed by atoms with Crippen LogP contribution in [-0.2, 0) is 24.2 Å². The van der Waals surface area contributed by atoms with Gasteiger partial charge in [0, 0.05) is 24.5 Å². The minimum Gasteiger partial charge on any atom is -0.494 e. The Morgan fingerprint density at radius 3 is 2.51 bits per heavy atom. The second kappa shape index (κ2) is 11.9. The number of imidazole rings is 1. The van der Waals surface area contributed by atoms with Crippen LogP contribution < -0.4 is 10.1 Å². The molecular formula is C29H32ClN3O2. The second-order valence-electron chi connectivity index (χ2n) is 9.00. The first kappa shape index (κ1) is 24.8. The van der Waals surface area contributed by atoms with E-state index in [0.29, 0.717) is 36.9 Å². The maximum atomic E-state index is 12.4. The number of ether oxygens (including phenoxy) is 1. The van der Waals surface area contributed by atoms with Gasteiger partial charge in [-0.1, -0.05) is 61.8 Å². The van der Waals surface area contributed by atoms with Crippen molar-refractivity contribution in [2.75, 3.05) is 13.2 Å². The lowest BCUT2D eigenvalue weighted by Gasteiger charge is -2.12. The third-order valence-electron chi connectivity index (χ3n) is 6.02. The zero-order valence-electron chi connectivity index (χ0n) is 20.3. The molecule has 182 valence electrons. The van der Waals surface area contributed by atoms with Crippen molar-refractivity contribution in [2.24, 2.45) is 0 Å². The number of nitrogens with one attached hydrogen (secondary N) is 1. The molecule has 5 nitrogen and oxygen atoms in total. The van der Waals surface area contributed by atoms with Crippen LogP contribution in [0.1, 0.15) is 43.1 Å². The Labute approximate surface area is 212 Å². The lowest BCUT2D eigenvalue weighted by atomic mass is 10.0. The molecule has 1 heterocycles. The van der Waals surface area contributed by atoms with Gasteiger partial charge >= 0.3 is 0 Å². The van der Waals surface area contributed by atoms with Crippen LogP contribution in [0.3, 0.4) is 0 Å². The van der Waals surface area contributed by atoms with Gasteiger partial charge < -0.3 is 14.6 Å². The minimum absolute atomic E-state index is 0.00753. The van der Waals surface area contributed by atoms with Gasteiger partial charge in [-0.2, -0.15) is 0 Å². The van der Waals surface area contributed by atoms with Crippen molar-refractivity contribution in [1.82, 2.24) is 14.9 Å². The summed E-state index contributed by atoms with van der Waals surface area (Å²) >= 11 is 5.92. The van der Waals surface area contributed by atoms with E-state index in [1.807, 2.05) is 42.5 Å². The van der Waals surface area contributed by atoms with Gasteiger partial charge in [0.15, 0.2) is 0 Å². The Morgan fingerprint density at radius 2 is 1.77 bits per heavy atom. The molecule has 0 radical (unpaired) electrons. The smallest absolute Gasteiger partial charge is 0.224 e. The number of hydrogen-bond donors (Lipinski definition) is 1. The van der Waals surface area contributed by atoms with Crippen molar-refractivity contribution in [3.05, 3.63) is 94.8 Å². The summed E-state index contributed by atoms with van der Waals surface area (Å²) in [6, 6.07) is 23.9. The molecule has 4 rings (SSSR count). The highest BCUT2D eigenvalue weighted by molar-refractivity contribution is 6.30. The molecule has 3 aromatic carbocycles. The molecular weight excluding hydrogens is 458 g/mol. The maximum absolute atomic E-state index is 12.4. The van der Waals surface area contributed by atoms with Gasteiger partial charge in [-0.25, -0.2) is 4.98 Å². The molecule has 0 spiro atoms. The summed E-state index contributed by atoms with van der Waals surface area (Å²) < 4.78 is 8.21. The lowest BCUT2D eigenvalue weighted by Crippen LogP contribution is -2.28. The Morgan fingerprint density at radius 1 is 1.03 bits per heavy atom. The number of para-hydroxylation sites is 2. The van der Waals surface area contributed by atoms with E-state index in [0.717, 1.165) is 41.1 Å². The van der Waals surface area contributed by atoms with Crippen molar-refractivity contribution in [1.29, 1.82) is 0 Å². The number of aryl methyl sites for hydroxylation is 1. The number of halogens is 1. The topological polar surface area (TPSA) is 56.1 Å². The van der Waals surface area contributed by atoms with E-state index in [4.69, 9.17) is 21.3 Å². The summed E-state index contributed by atoms with van der Waals surface area (Å²) in [7, 11) is 0. The summed E-state index contributed by atoms with van der Waals surface area (Å²) in [4.78, 5) is 17.2. The van der Waals surface area contributed by atoms with Crippen LogP contribution in [0.25, 0.3) is 11.0 Å². The molecule has 0 saturated heterocycles. The number of benzene rings is 3. The Balaban J connectivity index is 1.31. The molecule has 0 saturated carbocycles. The normalized spacial score (nSPS) is 11.2. The van der Waals surface area contributed by atoms with E-state index in [2.05, 4.69) is 41.9 Å². The number of carbonyl (C=O) groups excluding carboxylic acids is 1. The minimum atomic E-state index is -0.00753. The van der Waals surface area contributed by atoms with Crippen LogP contribution in [0, 0.1) is 0 Å². The first-order valence-electron chi connectivity index (χ1n) is 12.2. The zero-order valence-corrected chi connectivity index (χ0v) is 21.1. The molecule has 4 aromatic rings. The predicted octanol–water partition coefficient (Wildman–Crippen LogP) is 6.18. The summed E-state index contributed by atoms with van der Waals surface area (Å²) in [5.74, 6) is 2.37. The van der Waals surface area contributed by atoms with Gasteiger partial charge in [-0.05, 0) is 59.9 Å². The standard InChI is InChI=1S/C29H32ClN3O2/c1-21(2)23-10-14-25(15-11-23)35-19-5-18-33-27-7-4-3-6-26(27)32-28(33)16-17-31-29(34)20-22-8-12-24(30)13-9-22/h3-4,6-15,21H,5,16-20H2,1-2H3,(H,31,34). The summed E-state index contributed by atoms with van der Waals surface area (Å²) in [5.41, 5.74) is 4.33. The Bertz CT molecular complexity index is 1250. The van der Waals surface area contributed by atoms with Crippen LogP contribution in [0.5, 0.6) is 5.75 Å².